The molecule has 0 saturated carbocycles. The van der Waals surface area contributed by atoms with E-state index in [9.17, 15) is 0 Å². The van der Waals surface area contributed by atoms with Gasteiger partial charge in [0.15, 0.2) is 0 Å². The van der Waals surface area contributed by atoms with Crippen LogP contribution in [0.3, 0.4) is 0 Å². The molecule has 3 heterocycles. The van der Waals surface area contributed by atoms with E-state index >= 15 is 0 Å². The summed E-state index contributed by atoms with van der Waals surface area (Å²) in [6.07, 6.45) is 0. The minimum atomic E-state index is 0.553. The molecule has 13 heavy (non-hydrogen) atoms. The van der Waals surface area contributed by atoms with Crippen LogP contribution in [-0.2, 0) is 7.05 Å². The van der Waals surface area contributed by atoms with Gasteiger partial charge in [0.2, 0.25) is 0 Å². The second-order valence-electron chi connectivity index (χ2n) is 2.62. The molecule has 0 amide bonds. The molecule has 68 valence electrons. The summed E-state index contributed by atoms with van der Waals surface area (Å²) in [4.78, 5) is 0. The molecule has 0 aliphatic carbocycles. The van der Waals surface area contributed by atoms with Crippen molar-refractivity contribution < 1.29 is 4.57 Å². The fraction of sp³-hybridized carbons (Fsp3) is 0.167. The number of pyridine rings is 1. The van der Waals surface area contributed by atoms with E-state index in [1.165, 1.54) is 28.3 Å². The van der Waals surface area contributed by atoms with Crippen molar-refractivity contribution in [3.63, 3.8) is 0 Å². The molecule has 0 radical (unpaired) electrons. The first-order valence-electron chi connectivity index (χ1n) is 3.59. The first-order chi connectivity index (χ1) is 6.36. The monoisotopic (exact) mass is 344 g/mol. The Kier molecular flexibility index (Phi) is 2.05. The van der Waals surface area contributed by atoms with Crippen molar-refractivity contribution >= 4 is 66.3 Å². The fourth-order valence-electron chi connectivity index (χ4n) is 1.25. The third-order valence-corrected chi connectivity index (χ3v) is 8.78. The summed E-state index contributed by atoms with van der Waals surface area (Å²) in [7, 11) is 4.57. The fourth-order valence-corrected chi connectivity index (χ4v) is 8.65. The molecule has 0 N–H and O–H groups in total. The second-order valence-corrected chi connectivity index (χ2v) is 9.92. The molecule has 7 heteroatoms. The molecule has 0 aliphatic rings. The number of hydrogen-bond acceptors (Lipinski definition) is 0. The molecule has 3 rings (SSSR count). The molecule has 0 fully saturated rings. The van der Waals surface area contributed by atoms with E-state index in [1.54, 1.807) is 0 Å². The van der Waals surface area contributed by atoms with E-state index in [-0.39, 0.29) is 0 Å². The zero-order valence-electron chi connectivity index (χ0n) is 6.63. The van der Waals surface area contributed by atoms with Crippen LogP contribution in [0.5, 0.6) is 0 Å². The van der Waals surface area contributed by atoms with Crippen molar-refractivity contribution in [1.29, 1.82) is 0 Å². The molecular weight excluding hydrogens is 336 g/mol. The van der Waals surface area contributed by atoms with Crippen LogP contribution in [0.25, 0.3) is 19.8 Å². The van der Waals surface area contributed by atoms with Gasteiger partial charge in [-0.05, 0) is 0 Å². The Hall–Kier alpha value is 0.229. The van der Waals surface area contributed by atoms with Crippen molar-refractivity contribution in [1.82, 2.24) is 8.75 Å². The van der Waals surface area contributed by atoms with Gasteiger partial charge in [-0.15, -0.1) is 0 Å². The summed E-state index contributed by atoms with van der Waals surface area (Å²) < 4.78 is 14.1. The quantitative estimate of drug-likeness (QED) is 0.315. The van der Waals surface area contributed by atoms with Gasteiger partial charge in [0.05, 0.1) is 0 Å². The minimum absolute atomic E-state index is 0.553. The van der Waals surface area contributed by atoms with Gasteiger partial charge < -0.3 is 0 Å². The Morgan fingerprint density at radius 2 is 1.69 bits per heavy atom. The summed E-state index contributed by atoms with van der Waals surface area (Å²) in [5, 5.41) is 0. The van der Waals surface area contributed by atoms with Crippen LogP contribution in [-0.4, -0.2) is 26.7 Å². The third kappa shape index (κ3) is 1.23. The Bertz CT molecular complexity index is 539. The Labute approximate surface area is 92.2 Å². The second kappa shape index (κ2) is 3.12. The van der Waals surface area contributed by atoms with Crippen LogP contribution in [0.4, 0.5) is 0 Å². The van der Waals surface area contributed by atoms with E-state index in [2.05, 4.69) is 26.4 Å². The molecular formula is C6H6N3S2Se2+. The van der Waals surface area contributed by atoms with Crippen molar-refractivity contribution in [3.05, 3.63) is 6.07 Å². The normalized spacial score (nSPS) is 11.5. The van der Waals surface area contributed by atoms with Gasteiger partial charge in [0, 0.05) is 0 Å². The first-order valence-corrected chi connectivity index (χ1v) is 11.4. The first kappa shape index (κ1) is 8.53. The van der Waals surface area contributed by atoms with Crippen LogP contribution in [0.15, 0.2) is 6.07 Å². The van der Waals surface area contributed by atoms with Crippen LogP contribution >= 0.6 is 19.8 Å². The van der Waals surface area contributed by atoms with Gasteiger partial charge in [0.1, 0.15) is 0 Å². The van der Waals surface area contributed by atoms with Crippen molar-refractivity contribution in [2.45, 2.75) is 0 Å². The van der Waals surface area contributed by atoms with Crippen LogP contribution < -0.4 is 13.3 Å². The van der Waals surface area contributed by atoms with Gasteiger partial charge in [-0.1, -0.05) is 0 Å². The van der Waals surface area contributed by atoms with E-state index in [1.807, 2.05) is 0 Å². The molecule has 0 unspecified atom stereocenters. The van der Waals surface area contributed by atoms with Crippen LogP contribution in [0.1, 0.15) is 0 Å². The number of aromatic nitrogens is 3. The zero-order chi connectivity index (χ0) is 8.84. The molecule has 0 saturated heterocycles. The van der Waals surface area contributed by atoms with Crippen LogP contribution in [0, 0.1) is 0 Å². The summed E-state index contributed by atoms with van der Waals surface area (Å²) in [5.74, 6) is 0. The molecule has 3 nitrogen and oxygen atoms in total. The zero-order valence-corrected chi connectivity index (χ0v) is 11.8. The Balaban J connectivity index is 2.67. The number of rotatable bonds is 0. The van der Waals surface area contributed by atoms with Crippen molar-refractivity contribution in [2.24, 2.45) is 7.05 Å². The Morgan fingerprint density at radius 3 is 2.23 bits per heavy atom. The number of hydrogen-bond donors (Lipinski definition) is 0. The molecule has 0 bridgehead atoms. The predicted octanol–water partition coefficient (Wildman–Crippen LogP) is -0.442. The van der Waals surface area contributed by atoms with E-state index in [0.29, 0.717) is 26.7 Å². The van der Waals surface area contributed by atoms with Gasteiger partial charge in [0.25, 0.3) is 0 Å². The molecule has 3 aromatic rings. The predicted molar refractivity (Wildman–Crippen MR) is 59.3 cm³/mol. The van der Waals surface area contributed by atoms with E-state index in [0.717, 1.165) is 11.3 Å². The average Bonchev–Trinajstić information content (AvgIpc) is 2.71. The van der Waals surface area contributed by atoms with Gasteiger partial charge in [-0.2, -0.15) is 0 Å². The molecule has 0 atom stereocenters. The van der Waals surface area contributed by atoms with Crippen LogP contribution in [0.2, 0.25) is 0 Å². The maximum absolute atomic E-state index is 4.48. The third-order valence-electron chi connectivity index (χ3n) is 1.89. The molecule has 0 spiro atoms. The number of fused-ring (bicyclic) bond motifs is 2. The van der Waals surface area contributed by atoms with Crippen molar-refractivity contribution in [2.75, 3.05) is 0 Å². The number of nitrogens with zero attached hydrogens (tertiary/aromatic N) is 3. The summed E-state index contributed by atoms with van der Waals surface area (Å²) in [6.45, 7) is 0. The van der Waals surface area contributed by atoms with Crippen molar-refractivity contribution in [3.8, 4) is 0 Å². The summed E-state index contributed by atoms with van der Waals surface area (Å²) >= 11 is 1.11. The van der Waals surface area contributed by atoms with Gasteiger partial charge >= 0.3 is 92.8 Å². The summed E-state index contributed by atoms with van der Waals surface area (Å²) in [5.41, 5.74) is 2.33. The molecule has 3 aromatic heterocycles. The number of aryl methyl sites for hydroxylation is 1. The Morgan fingerprint density at radius 1 is 1.15 bits per heavy atom. The standard InChI is InChI=1S/C6H6N3S2Se2/c1-9-5-3(12-10-7-5)2-4-6(9)8-11-13-4/h2,10-11H,1H3/q+1. The average molecular weight is 342 g/mol. The van der Waals surface area contributed by atoms with Gasteiger partial charge in [-0.3, -0.25) is 0 Å². The molecule has 0 aromatic carbocycles. The topological polar surface area (TPSA) is 32.1 Å². The van der Waals surface area contributed by atoms with E-state index in [4.69, 9.17) is 0 Å². The summed E-state index contributed by atoms with van der Waals surface area (Å²) in [6, 6.07) is 2.33. The maximum atomic E-state index is 4.48. The SMILES string of the molecule is C[n+]1c2[n-][sH+][se]c2cc2[se][sH+][n-]c21. The van der Waals surface area contributed by atoms with E-state index < -0.39 is 0 Å². The molecule has 0 aliphatic heterocycles. The van der Waals surface area contributed by atoms with Gasteiger partial charge in [-0.25, -0.2) is 0 Å².